The molecule has 6 rings (SSSR count). The molecular formula is C34H38O5. The van der Waals surface area contributed by atoms with Gasteiger partial charge in [0, 0.05) is 24.8 Å². The first-order chi connectivity index (χ1) is 19.3. The molecule has 2 saturated heterocycles. The van der Waals surface area contributed by atoms with Crippen LogP contribution in [0.25, 0.3) is 11.1 Å². The van der Waals surface area contributed by atoms with Gasteiger partial charge in [0.15, 0.2) is 6.29 Å². The van der Waals surface area contributed by atoms with Crippen molar-refractivity contribution in [3.05, 3.63) is 89.0 Å². The second-order valence-electron chi connectivity index (χ2n) is 10.6. The molecule has 0 radical (unpaired) electrons. The highest BCUT2D eigenvalue weighted by Gasteiger charge is 2.25. The highest BCUT2D eigenvalue weighted by Crippen LogP contribution is 2.44. The molecule has 1 unspecified atom stereocenters. The fourth-order valence-electron chi connectivity index (χ4n) is 5.94. The summed E-state index contributed by atoms with van der Waals surface area (Å²) in [6, 6.07) is 23.5. The number of allylic oxidation sites excluding steroid dienone is 1. The minimum Gasteiger partial charge on any atom is -0.497 e. The first-order valence-corrected chi connectivity index (χ1v) is 14.4. The van der Waals surface area contributed by atoms with Gasteiger partial charge in [-0.3, -0.25) is 0 Å². The van der Waals surface area contributed by atoms with Crippen LogP contribution in [0.3, 0.4) is 0 Å². The number of rotatable bonds is 7. The van der Waals surface area contributed by atoms with Crippen molar-refractivity contribution in [3.8, 4) is 17.2 Å². The predicted octanol–water partition coefficient (Wildman–Crippen LogP) is 7.45. The Labute approximate surface area is 231 Å². The number of para-hydroxylation sites is 1. The lowest BCUT2D eigenvalue weighted by atomic mass is 9.87. The molecule has 1 atom stereocenters. The van der Waals surface area contributed by atoms with Crippen LogP contribution in [0.5, 0.6) is 17.2 Å². The summed E-state index contributed by atoms with van der Waals surface area (Å²) in [6.45, 7) is 2.30. The predicted molar refractivity (Wildman–Crippen MR) is 153 cm³/mol. The second kappa shape index (κ2) is 12.3. The third-order valence-corrected chi connectivity index (χ3v) is 7.98. The van der Waals surface area contributed by atoms with Gasteiger partial charge in [-0.15, -0.1) is 0 Å². The van der Waals surface area contributed by atoms with Gasteiger partial charge in [-0.25, -0.2) is 0 Å². The topological polar surface area (TPSA) is 46.2 Å². The zero-order valence-corrected chi connectivity index (χ0v) is 22.8. The van der Waals surface area contributed by atoms with Gasteiger partial charge in [0.2, 0.25) is 0 Å². The standard InChI is InChI=1S/C34H38O5/c1-35-26-14-12-24(13-15-26)34-29-17-16-28(39-33-11-4-5-20-37-33)23-25(29)7-6-9-31(34)30-8-2-3-10-32(30)38-27-18-21-36-22-19-27/h2-3,8,10,12-17,23,27,33H,4-7,9,11,18-22H2,1H3. The van der Waals surface area contributed by atoms with E-state index in [1.165, 1.54) is 33.4 Å². The average molecular weight is 527 g/mol. The third kappa shape index (κ3) is 6.00. The Kier molecular flexibility index (Phi) is 8.17. The van der Waals surface area contributed by atoms with Gasteiger partial charge in [0.05, 0.1) is 26.9 Å². The SMILES string of the molecule is COc1ccc(C2=C(c3ccccc3OC3CCOCC3)CCCc3cc(OC4CCCCO4)ccc32)cc1. The first-order valence-electron chi connectivity index (χ1n) is 14.4. The molecule has 1 aliphatic carbocycles. The Hall–Kier alpha value is -3.28. The van der Waals surface area contributed by atoms with E-state index in [2.05, 4.69) is 54.6 Å². The lowest BCUT2D eigenvalue weighted by molar-refractivity contribution is -0.105. The molecule has 0 saturated carbocycles. The van der Waals surface area contributed by atoms with Crippen molar-refractivity contribution < 1.29 is 23.7 Å². The Morgan fingerprint density at radius 1 is 0.718 bits per heavy atom. The number of benzene rings is 3. The van der Waals surface area contributed by atoms with Gasteiger partial charge in [-0.05, 0) is 90.3 Å². The van der Waals surface area contributed by atoms with E-state index in [9.17, 15) is 0 Å². The van der Waals surface area contributed by atoms with Crippen molar-refractivity contribution in [3.63, 3.8) is 0 Å². The molecule has 204 valence electrons. The fraction of sp³-hybridized carbons (Fsp3) is 0.412. The van der Waals surface area contributed by atoms with Crippen LogP contribution in [-0.4, -0.2) is 39.3 Å². The molecule has 3 aliphatic rings. The molecule has 5 heteroatoms. The summed E-state index contributed by atoms with van der Waals surface area (Å²) in [5.41, 5.74) is 7.51. The van der Waals surface area contributed by atoms with E-state index in [-0.39, 0.29) is 12.4 Å². The van der Waals surface area contributed by atoms with Crippen LogP contribution in [0.2, 0.25) is 0 Å². The van der Waals surface area contributed by atoms with Crippen molar-refractivity contribution in [2.75, 3.05) is 26.9 Å². The van der Waals surface area contributed by atoms with Crippen molar-refractivity contribution in [2.24, 2.45) is 0 Å². The van der Waals surface area contributed by atoms with E-state index < -0.39 is 0 Å². The molecule has 3 aromatic carbocycles. The number of hydrogen-bond acceptors (Lipinski definition) is 5. The van der Waals surface area contributed by atoms with Crippen LogP contribution in [-0.2, 0) is 15.9 Å². The summed E-state index contributed by atoms with van der Waals surface area (Å²) < 4.78 is 29.8. The molecule has 0 bridgehead atoms. The van der Waals surface area contributed by atoms with Gasteiger partial charge >= 0.3 is 0 Å². The summed E-state index contributed by atoms with van der Waals surface area (Å²) in [5, 5.41) is 0. The monoisotopic (exact) mass is 526 g/mol. The van der Waals surface area contributed by atoms with Gasteiger partial charge in [0.1, 0.15) is 23.4 Å². The van der Waals surface area contributed by atoms with E-state index in [1.807, 2.05) is 12.1 Å². The number of aryl methyl sites for hydroxylation is 1. The quantitative estimate of drug-likeness (QED) is 0.320. The molecule has 2 fully saturated rings. The minimum absolute atomic E-state index is 0.149. The Balaban J connectivity index is 1.43. The van der Waals surface area contributed by atoms with Gasteiger partial charge in [-0.2, -0.15) is 0 Å². The fourth-order valence-corrected chi connectivity index (χ4v) is 5.94. The Morgan fingerprint density at radius 2 is 1.54 bits per heavy atom. The van der Waals surface area contributed by atoms with Crippen LogP contribution in [0, 0.1) is 0 Å². The number of fused-ring (bicyclic) bond motifs is 1. The molecule has 2 heterocycles. The van der Waals surface area contributed by atoms with Crippen LogP contribution in [0.4, 0.5) is 0 Å². The van der Waals surface area contributed by atoms with Crippen molar-refractivity contribution in [1.29, 1.82) is 0 Å². The van der Waals surface area contributed by atoms with Crippen molar-refractivity contribution in [1.82, 2.24) is 0 Å². The van der Waals surface area contributed by atoms with Crippen LogP contribution in [0.15, 0.2) is 66.7 Å². The summed E-state index contributed by atoms with van der Waals surface area (Å²) >= 11 is 0. The summed E-state index contributed by atoms with van der Waals surface area (Å²) in [6.07, 6.45) is 8.11. The zero-order chi connectivity index (χ0) is 26.4. The molecule has 0 aromatic heterocycles. The maximum absolute atomic E-state index is 6.62. The molecule has 0 N–H and O–H groups in total. The molecule has 2 aliphatic heterocycles. The average Bonchev–Trinajstić information content (AvgIpc) is 3.18. The van der Waals surface area contributed by atoms with Crippen molar-refractivity contribution in [2.45, 2.75) is 63.8 Å². The highest BCUT2D eigenvalue weighted by molar-refractivity contribution is 6.01. The molecule has 5 nitrogen and oxygen atoms in total. The highest BCUT2D eigenvalue weighted by atomic mass is 16.7. The van der Waals surface area contributed by atoms with E-state index in [1.54, 1.807) is 7.11 Å². The first kappa shape index (κ1) is 26.0. The molecule has 0 spiro atoms. The minimum atomic E-state index is -0.149. The van der Waals surface area contributed by atoms with Crippen LogP contribution < -0.4 is 14.2 Å². The van der Waals surface area contributed by atoms with Gasteiger partial charge < -0.3 is 23.7 Å². The van der Waals surface area contributed by atoms with E-state index in [0.29, 0.717) is 0 Å². The smallest absolute Gasteiger partial charge is 0.199 e. The van der Waals surface area contributed by atoms with Crippen LogP contribution >= 0.6 is 0 Å². The van der Waals surface area contributed by atoms with E-state index in [0.717, 1.165) is 88.4 Å². The molecule has 3 aromatic rings. The van der Waals surface area contributed by atoms with Gasteiger partial charge in [0.25, 0.3) is 0 Å². The number of methoxy groups -OCH3 is 1. The summed E-state index contributed by atoms with van der Waals surface area (Å²) in [4.78, 5) is 0. The lowest BCUT2D eigenvalue weighted by Gasteiger charge is -2.26. The maximum atomic E-state index is 6.62. The summed E-state index contributed by atoms with van der Waals surface area (Å²) in [5.74, 6) is 2.71. The molecular weight excluding hydrogens is 488 g/mol. The molecule has 39 heavy (non-hydrogen) atoms. The number of ether oxygens (including phenoxy) is 5. The zero-order valence-electron chi connectivity index (χ0n) is 22.8. The number of hydrogen-bond donors (Lipinski definition) is 0. The van der Waals surface area contributed by atoms with Crippen molar-refractivity contribution >= 4 is 11.1 Å². The van der Waals surface area contributed by atoms with Gasteiger partial charge in [-0.1, -0.05) is 36.4 Å². The largest absolute Gasteiger partial charge is 0.497 e. The third-order valence-electron chi connectivity index (χ3n) is 7.98. The normalized spacial score (nSPS) is 20.2. The molecule has 0 amide bonds. The van der Waals surface area contributed by atoms with E-state index in [4.69, 9.17) is 23.7 Å². The van der Waals surface area contributed by atoms with E-state index >= 15 is 0 Å². The second-order valence-corrected chi connectivity index (χ2v) is 10.6. The Bertz CT molecular complexity index is 1280. The lowest BCUT2D eigenvalue weighted by Crippen LogP contribution is -2.26. The van der Waals surface area contributed by atoms with Crippen LogP contribution in [0.1, 0.15) is 67.2 Å². The Morgan fingerprint density at radius 3 is 2.33 bits per heavy atom. The maximum Gasteiger partial charge on any atom is 0.199 e. The summed E-state index contributed by atoms with van der Waals surface area (Å²) in [7, 11) is 1.71.